The molecule has 0 spiro atoms. The minimum Gasteiger partial charge on any atom is -0.399 e. The second-order valence-corrected chi connectivity index (χ2v) is 4.37. The summed E-state index contributed by atoms with van der Waals surface area (Å²) in [5.74, 6) is -0.385. The van der Waals surface area contributed by atoms with Crippen molar-refractivity contribution in [1.82, 2.24) is 9.55 Å². The number of hydrogen-bond donors (Lipinski definition) is 3. The highest BCUT2D eigenvalue weighted by molar-refractivity contribution is 5.90. The molecule has 0 radical (unpaired) electrons. The van der Waals surface area contributed by atoms with E-state index in [1.807, 2.05) is 0 Å². The molecule has 0 unspecified atom stereocenters. The first-order valence-electron chi connectivity index (χ1n) is 5.91. The molecule has 0 bridgehead atoms. The van der Waals surface area contributed by atoms with Gasteiger partial charge in [-0.1, -0.05) is 6.07 Å². The third-order valence-corrected chi connectivity index (χ3v) is 2.67. The third kappa shape index (κ3) is 3.14. The molecule has 0 saturated carbocycles. The lowest BCUT2D eigenvalue weighted by Crippen LogP contribution is -2.34. The largest absolute Gasteiger partial charge is 0.399 e. The fraction of sp³-hybridized carbons (Fsp3) is 0.154. The molecule has 7 nitrogen and oxygen atoms in total. The minimum atomic E-state index is -0.622. The molecule has 104 valence electrons. The number of carbonyl (C=O) groups excluding carboxylic acids is 1. The lowest BCUT2D eigenvalue weighted by molar-refractivity contribution is -0.116. The summed E-state index contributed by atoms with van der Waals surface area (Å²) >= 11 is 0. The molecule has 20 heavy (non-hydrogen) atoms. The maximum Gasteiger partial charge on any atom is 0.328 e. The van der Waals surface area contributed by atoms with Gasteiger partial charge < -0.3 is 11.1 Å². The molecule has 0 saturated heterocycles. The Morgan fingerprint density at radius 2 is 2.15 bits per heavy atom. The standard InChI is InChI=1S/C13H14N4O3/c1-8-6-17(13(20)16-12(8)19)7-11(18)15-10-4-2-3-9(14)5-10/h2-6H,7,14H2,1H3,(H,15,18)(H,16,19,20). The highest BCUT2D eigenvalue weighted by Crippen LogP contribution is 2.11. The number of H-pyrrole nitrogens is 1. The zero-order chi connectivity index (χ0) is 14.7. The van der Waals surface area contributed by atoms with Crippen LogP contribution in [0, 0.1) is 6.92 Å². The maximum atomic E-state index is 11.8. The number of hydrogen-bond acceptors (Lipinski definition) is 4. The molecule has 0 aliphatic rings. The molecule has 7 heteroatoms. The summed E-state index contributed by atoms with van der Waals surface area (Å²) in [4.78, 5) is 36.7. The highest BCUT2D eigenvalue weighted by Gasteiger charge is 2.07. The Morgan fingerprint density at radius 1 is 1.40 bits per heavy atom. The van der Waals surface area contributed by atoms with Gasteiger partial charge in [-0.15, -0.1) is 0 Å². The van der Waals surface area contributed by atoms with Crippen molar-refractivity contribution in [1.29, 1.82) is 0 Å². The Morgan fingerprint density at radius 3 is 2.85 bits per heavy atom. The molecular weight excluding hydrogens is 260 g/mol. The summed E-state index contributed by atoms with van der Waals surface area (Å²) in [5.41, 5.74) is 5.96. The monoisotopic (exact) mass is 274 g/mol. The van der Waals surface area contributed by atoms with Gasteiger partial charge in [0.25, 0.3) is 5.56 Å². The zero-order valence-electron chi connectivity index (χ0n) is 10.8. The number of nitrogens with two attached hydrogens (primary N) is 1. The Bertz CT molecular complexity index is 761. The molecule has 0 fully saturated rings. The van der Waals surface area contributed by atoms with Crippen molar-refractivity contribution in [3.8, 4) is 0 Å². The first-order chi connectivity index (χ1) is 9.45. The molecular formula is C13H14N4O3. The van der Waals surface area contributed by atoms with Gasteiger partial charge >= 0.3 is 5.69 Å². The zero-order valence-corrected chi connectivity index (χ0v) is 10.8. The van der Waals surface area contributed by atoms with E-state index in [9.17, 15) is 14.4 Å². The predicted molar refractivity (Wildman–Crippen MR) is 75.5 cm³/mol. The summed E-state index contributed by atoms with van der Waals surface area (Å²) in [7, 11) is 0. The van der Waals surface area contributed by atoms with Gasteiger partial charge in [-0.3, -0.25) is 19.1 Å². The first kappa shape index (κ1) is 13.6. The van der Waals surface area contributed by atoms with Gasteiger partial charge in [-0.05, 0) is 25.1 Å². The van der Waals surface area contributed by atoms with E-state index in [2.05, 4.69) is 10.3 Å². The van der Waals surface area contributed by atoms with E-state index in [4.69, 9.17) is 5.73 Å². The van der Waals surface area contributed by atoms with Crippen LogP contribution in [-0.4, -0.2) is 15.5 Å². The molecule has 0 aliphatic carbocycles. The quantitative estimate of drug-likeness (QED) is 0.688. The number of nitrogens with zero attached hydrogens (tertiary/aromatic N) is 1. The molecule has 1 aromatic heterocycles. The van der Waals surface area contributed by atoms with E-state index >= 15 is 0 Å². The van der Waals surface area contributed by atoms with Gasteiger partial charge in [-0.25, -0.2) is 4.79 Å². The fourth-order valence-corrected chi connectivity index (χ4v) is 1.71. The molecule has 0 aliphatic heterocycles. The van der Waals surface area contributed by atoms with Crippen LogP contribution in [0.2, 0.25) is 0 Å². The average Bonchev–Trinajstić information content (AvgIpc) is 2.36. The van der Waals surface area contributed by atoms with Crippen molar-refractivity contribution in [3.05, 3.63) is 56.9 Å². The highest BCUT2D eigenvalue weighted by atomic mass is 16.2. The van der Waals surface area contributed by atoms with E-state index in [-0.39, 0.29) is 12.5 Å². The Kier molecular flexibility index (Phi) is 3.69. The van der Waals surface area contributed by atoms with Crippen LogP contribution < -0.4 is 22.3 Å². The van der Waals surface area contributed by atoms with Crippen LogP contribution in [0.3, 0.4) is 0 Å². The molecule has 2 rings (SSSR count). The summed E-state index contributed by atoms with van der Waals surface area (Å²) < 4.78 is 1.14. The SMILES string of the molecule is Cc1cn(CC(=O)Nc2cccc(N)c2)c(=O)[nH]c1=O. The molecule has 1 aromatic carbocycles. The number of nitrogen functional groups attached to an aromatic ring is 1. The Balaban J connectivity index is 2.15. The number of benzene rings is 1. The van der Waals surface area contributed by atoms with E-state index in [1.54, 1.807) is 31.2 Å². The van der Waals surface area contributed by atoms with E-state index in [0.717, 1.165) is 4.57 Å². The maximum absolute atomic E-state index is 11.8. The van der Waals surface area contributed by atoms with Crippen molar-refractivity contribution in [3.63, 3.8) is 0 Å². The molecule has 0 atom stereocenters. The molecule has 1 heterocycles. The van der Waals surface area contributed by atoms with Crippen LogP contribution in [0.15, 0.2) is 40.1 Å². The third-order valence-electron chi connectivity index (χ3n) is 2.67. The van der Waals surface area contributed by atoms with Crippen molar-refractivity contribution < 1.29 is 4.79 Å². The minimum absolute atomic E-state index is 0.189. The Hall–Kier alpha value is -2.83. The Labute approximate surface area is 114 Å². The van der Waals surface area contributed by atoms with E-state index < -0.39 is 11.2 Å². The number of aromatic amines is 1. The van der Waals surface area contributed by atoms with Crippen LogP contribution in [0.4, 0.5) is 11.4 Å². The van der Waals surface area contributed by atoms with E-state index in [0.29, 0.717) is 16.9 Å². The first-order valence-corrected chi connectivity index (χ1v) is 5.91. The van der Waals surface area contributed by atoms with Crippen molar-refractivity contribution in [2.24, 2.45) is 0 Å². The topological polar surface area (TPSA) is 110 Å². The lowest BCUT2D eigenvalue weighted by Gasteiger charge is -2.08. The van der Waals surface area contributed by atoms with Gasteiger partial charge in [-0.2, -0.15) is 0 Å². The summed E-state index contributed by atoms with van der Waals surface area (Å²) in [6.45, 7) is 1.37. The van der Waals surface area contributed by atoms with E-state index in [1.165, 1.54) is 6.20 Å². The van der Waals surface area contributed by atoms with Crippen LogP contribution in [0.1, 0.15) is 5.56 Å². The number of anilines is 2. The van der Waals surface area contributed by atoms with Gasteiger partial charge in [0.2, 0.25) is 5.91 Å². The van der Waals surface area contributed by atoms with Gasteiger partial charge in [0.1, 0.15) is 6.54 Å². The predicted octanol–water partition coefficient (Wildman–Crippen LogP) is 0.0659. The normalized spacial score (nSPS) is 10.2. The van der Waals surface area contributed by atoms with Gasteiger partial charge in [0.15, 0.2) is 0 Å². The number of carbonyl (C=O) groups is 1. The van der Waals surface area contributed by atoms with Crippen LogP contribution in [0.5, 0.6) is 0 Å². The summed E-state index contributed by atoms with van der Waals surface area (Å²) in [5, 5.41) is 2.62. The average molecular weight is 274 g/mol. The van der Waals surface area contributed by atoms with Crippen LogP contribution >= 0.6 is 0 Å². The van der Waals surface area contributed by atoms with Crippen LogP contribution in [-0.2, 0) is 11.3 Å². The second-order valence-electron chi connectivity index (χ2n) is 4.37. The van der Waals surface area contributed by atoms with Crippen molar-refractivity contribution in [2.45, 2.75) is 13.5 Å². The number of amides is 1. The van der Waals surface area contributed by atoms with Gasteiger partial charge in [0.05, 0.1) is 0 Å². The van der Waals surface area contributed by atoms with Crippen molar-refractivity contribution >= 4 is 17.3 Å². The molecule has 2 aromatic rings. The number of aromatic nitrogens is 2. The lowest BCUT2D eigenvalue weighted by atomic mass is 10.3. The van der Waals surface area contributed by atoms with Crippen molar-refractivity contribution in [2.75, 3.05) is 11.1 Å². The summed E-state index contributed by atoms with van der Waals surface area (Å²) in [6, 6.07) is 6.71. The smallest absolute Gasteiger partial charge is 0.328 e. The molecule has 1 amide bonds. The molecule has 4 N–H and O–H groups in total. The van der Waals surface area contributed by atoms with Gasteiger partial charge in [0, 0.05) is 23.1 Å². The number of aryl methyl sites for hydroxylation is 1. The summed E-state index contributed by atoms with van der Waals surface area (Å²) in [6.07, 6.45) is 1.35. The second kappa shape index (κ2) is 5.43. The fourth-order valence-electron chi connectivity index (χ4n) is 1.71. The number of rotatable bonds is 3. The number of nitrogens with one attached hydrogen (secondary N) is 2. The van der Waals surface area contributed by atoms with Crippen LogP contribution in [0.25, 0.3) is 0 Å².